The van der Waals surface area contributed by atoms with Crippen molar-refractivity contribution in [1.29, 1.82) is 0 Å². The molecule has 2 heterocycles. The predicted octanol–water partition coefficient (Wildman–Crippen LogP) is 1.64. The lowest BCUT2D eigenvalue weighted by Crippen LogP contribution is -2.46. The molecular weight excluding hydrogens is 196 g/mol. The van der Waals surface area contributed by atoms with Crippen molar-refractivity contribution in [3.63, 3.8) is 0 Å². The van der Waals surface area contributed by atoms with Crippen LogP contribution in [0.3, 0.4) is 0 Å². The molecular formula is C10H18N2OS. The summed E-state index contributed by atoms with van der Waals surface area (Å²) in [5.41, 5.74) is 0.114. The van der Waals surface area contributed by atoms with Crippen molar-refractivity contribution in [2.45, 2.75) is 38.3 Å². The molecule has 0 bridgehead atoms. The van der Waals surface area contributed by atoms with Crippen LogP contribution in [0.2, 0.25) is 0 Å². The number of hydrogen-bond donors (Lipinski definition) is 1. The van der Waals surface area contributed by atoms with E-state index >= 15 is 0 Å². The standard InChI is InChI=1S/C10H18N2OS/c1-8-3-6-14-9(11-8)12-10(2)4-5-13-7-10/h8H,3-7H2,1-2H3,(H,11,12). The molecule has 0 spiro atoms. The Kier molecular flexibility index (Phi) is 3.02. The molecule has 2 unspecified atom stereocenters. The molecule has 2 aliphatic rings. The lowest BCUT2D eigenvalue weighted by Gasteiger charge is -2.28. The van der Waals surface area contributed by atoms with E-state index in [9.17, 15) is 0 Å². The summed E-state index contributed by atoms with van der Waals surface area (Å²) < 4.78 is 5.40. The smallest absolute Gasteiger partial charge is 0.157 e. The van der Waals surface area contributed by atoms with E-state index in [0.717, 1.165) is 24.8 Å². The van der Waals surface area contributed by atoms with Crippen LogP contribution in [0.15, 0.2) is 4.99 Å². The number of thioether (sulfide) groups is 1. The van der Waals surface area contributed by atoms with Crippen molar-refractivity contribution in [2.75, 3.05) is 19.0 Å². The summed E-state index contributed by atoms with van der Waals surface area (Å²) in [6, 6.07) is 0.477. The van der Waals surface area contributed by atoms with Gasteiger partial charge in [-0.05, 0) is 26.7 Å². The van der Waals surface area contributed by atoms with Crippen molar-refractivity contribution >= 4 is 16.9 Å². The number of aliphatic imine (C=N–C) groups is 1. The van der Waals surface area contributed by atoms with Gasteiger partial charge in [-0.3, -0.25) is 4.99 Å². The van der Waals surface area contributed by atoms with Crippen LogP contribution in [0, 0.1) is 0 Å². The molecule has 1 fully saturated rings. The second-order valence-electron chi connectivity index (χ2n) is 4.41. The van der Waals surface area contributed by atoms with Gasteiger partial charge in [0.1, 0.15) is 0 Å². The van der Waals surface area contributed by atoms with E-state index in [1.165, 1.54) is 12.2 Å². The predicted molar refractivity (Wildman–Crippen MR) is 60.9 cm³/mol. The highest BCUT2D eigenvalue weighted by atomic mass is 32.2. The van der Waals surface area contributed by atoms with Crippen molar-refractivity contribution < 1.29 is 4.74 Å². The molecule has 14 heavy (non-hydrogen) atoms. The van der Waals surface area contributed by atoms with Crippen molar-refractivity contribution in [2.24, 2.45) is 4.99 Å². The average molecular weight is 214 g/mol. The topological polar surface area (TPSA) is 33.6 Å². The fourth-order valence-corrected chi connectivity index (χ4v) is 2.95. The Morgan fingerprint density at radius 2 is 2.50 bits per heavy atom. The van der Waals surface area contributed by atoms with Crippen LogP contribution in [-0.4, -0.2) is 35.7 Å². The van der Waals surface area contributed by atoms with Crippen molar-refractivity contribution in [3.05, 3.63) is 0 Å². The van der Waals surface area contributed by atoms with Crippen LogP contribution in [0.25, 0.3) is 0 Å². The van der Waals surface area contributed by atoms with E-state index in [-0.39, 0.29) is 5.54 Å². The molecule has 0 saturated carbocycles. The maximum Gasteiger partial charge on any atom is 0.157 e. The van der Waals surface area contributed by atoms with Crippen molar-refractivity contribution in [3.8, 4) is 0 Å². The highest BCUT2D eigenvalue weighted by molar-refractivity contribution is 8.13. The number of nitrogens with one attached hydrogen (secondary N) is 1. The summed E-state index contributed by atoms with van der Waals surface area (Å²) >= 11 is 1.84. The van der Waals surface area contributed by atoms with Crippen LogP contribution >= 0.6 is 11.8 Å². The first kappa shape index (κ1) is 10.3. The minimum absolute atomic E-state index is 0.114. The summed E-state index contributed by atoms with van der Waals surface area (Å²) in [6.07, 6.45) is 2.28. The fraction of sp³-hybridized carbons (Fsp3) is 0.900. The molecule has 0 amide bonds. The Hall–Kier alpha value is -0.220. The van der Waals surface area contributed by atoms with Gasteiger partial charge in [0.2, 0.25) is 0 Å². The minimum atomic E-state index is 0.114. The fourth-order valence-electron chi connectivity index (χ4n) is 1.72. The Morgan fingerprint density at radius 1 is 1.64 bits per heavy atom. The van der Waals surface area contributed by atoms with Gasteiger partial charge in [-0.2, -0.15) is 0 Å². The van der Waals surface area contributed by atoms with Gasteiger partial charge in [0.15, 0.2) is 5.17 Å². The summed E-state index contributed by atoms with van der Waals surface area (Å²) in [5.74, 6) is 1.18. The first-order chi connectivity index (χ1) is 6.68. The molecule has 2 atom stereocenters. The van der Waals surface area contributed by atoms with E-state index in [0.29, 0.717) is 6.04 Å². The number of hydrogen-bond acceptors (Lipinski definition) is 4. The summed E-state index contributed by atoms with van der Waals surface area (Å²) in [5, 5.41) is 4.62. The maximum absolute atomic E-state index is 5.40. The SMILES string of the molecule is CC1CCSC(NC2(C)CCOC2)=N1. The Balaban J connectivity index is 1.95. The second kappa shape index (κ2) is 4.11. The largest absolute Gasteiger partial charge is 0.379 e. The van der Waals surface area contributed by atoms with E-state index in [1.54, 1.807) is 0 Å². The maximum atomic E-state index is 5.40. The molecule has 0 aromatic rings. The van der Waals surface area contributed by atoms with Gasteiger partial charge in [-0.1, -0.05) is 11.8 Å². The monoisotopic (exact) mass is 214 g/mol. The second-order valence-corrected chi connectivity index (χ2v) is 5.49. The third-order valence-corrected chi connectivity index (χ3v) is 3.66. The summed E-state index contributed by atoms with van der Waals surface area (Å²) in [6.45, 7) is 6.06. The molecule has 0 radical (unpaired) electrons. The normalized spacial score (nSPS) is 38.1. The van der Waals surface area contributed by atoms with Gasteiger partial charge in [0, 0.05) is 12.4 Å². The molecule has 80 valence electrons. The first-order valence-corrected chi connectivity index (χ1v) is 6.23. The lowest BCUT2D eigenvalue weighted by atomic mass is 10.0. The summed E-state index contributed by atoms with van der Waals surface area (Å²) in [4.78, 5) is 4.60. The molecule has 0 aromatic carbocycles. The number of ether oxygens (including phenoxy) is 1. The van der Waals surface area contributed by atoms with Gasteiger partial charge in [-0.25, -0.2) is 0 Å². The molecule has 2 aliphatic heterocycles. The Bertz CT molecular complexity index is 236. The first-order valence-electron chi connectivity index (χ1n) is 5.24. The highest BCUT2D eigenvalue weighted by Crippen LogP contribution is 2.22. The van der Waals surface area contributed by atoms with Crippen LogP contribution in [0.4, 0.5) is 0 Å². The molecule has 1 saturated heterocycles. The zero-order valence-corrected chi connectivity index (χ0v) is 9.69. The van der Waals surface area contributed by atoms with E-state index < -0.39 is 0 Å². The van der Waals surface area contributed by atoms with Gasteiger partial charge in [0.05, 0.1) is 18.2 Å². The van der Waals surface area contributed by atoms with E-state index in [4.69, 9.17) is 4.74 Å². The molecule has 0 aliphatic carbocycles. The van der Waals surface area contributed by atoms with Crippen molar-refractivity contribution in [1.82, 2.24) is 5.32 Å². The average Bonchev–Trinajstić information content (AvgIpc) is 2.51. The van der Waals surface area contributed by atoms with Gasteiger partial charge < -0.3 is 10.1 Å². The molecule has 1 N–H and O–H groups in total. The van der Waals surface area contributed by atoms with E-state index in [1.807, 2.05) is 11.8 Å². The quantitative estimate of drug-likeness (QED) is 0.720. The van der Waals surface area contributed by atoms with Gasteiger partial charge >= 0.3 is 0 Å². The van der Waals surface area contributed by atoms with Crippen LogP contribution in [-0.2, 0) is 4.74 Å². The third-order valence-electron chi connectivity index (χ3n) is 2.74. The molecule has 3 nitrogen and oxygen atoms in total. The zero-order valence-electron chi connectivity index (χ0n) is 8.88. The molecule has 4 heteroatoms. The highest BCUT2D eigenvalue weighted by Gasteiger charge is 2.31. The lowest BCUT2D eigenvalue weighted by molar-refractivity contribution is 0.177. The summed E-state index contributed by atoms with van der Waals surface area (Å²) in [7, 11) is 0. The van der Waals surface area contributed by atoms with Gasteiger partial charge in [-0.15, -0.1) is 0 Å². The molecule has 2 rings (SSSR count). The Labute approximate surface area is 89.7 Å². The number of rotatable bonds is 1. The number of amidine groups is 1. The zero-order chi connectivity index (χ0) is 10.0. The van der Waals surface area contributed by atoms with Crippen LogP contribution in [0.5, 0.6) is 0 Å². The molecule has 0 aromatic heterocycles. The van der Waals surface area contributed by atoms with Crippen LogP contribution < -0.4 is 5.32 Å². The number of nitrogens with zero attached hydrogens (tertiary/aromatic N) is 1. The minimum Gasteiger partial charge on any atom is -0.379 e. The Morgan fingerprint density at radius 3 is 3.14 bits per heavy atom. The van der Waals surface area contributed by atoms with E-state index in [2.05, 4.69) is 24.2 Å². The van der Waals surface area contributed by atoms with Gasteiger partial charge in [0.25, 0.3) is 0 Å². The third kappa shape index (κ3) is 2.42. The van der Waals surface area contributed by atoms with Crippen LogP contribution in [0.1, 0.15) is 26.7 Å².